The number of urea groups is 1. The Bertz CT molecular complexity index is 2040. The molecule has 2 aromatic carbocycles. The van der Waals surface area contributed by atoms with Crippen molar-refractivity contribution in [2.75, 3.05) is 39.7 Å². The van der Waals surface area contributed by atoms with Gasteiger partial charge in [0.25, 0.3) is 5.56 Å². The highest BCUT2D eigenvalue weighted by Crippen LogP contribution is 2.38. The van der Waals surface area contributed by atoms with Gasteiger partial charge in [-0.15, -0.1) is 11.3 Å². The van der Waals surface area contributed by atoms with Crippen molar-refractivity contribution in [3.8, 4) is 22.0 Å². The second-order valence-corrected chi connectivity index (χ2v) is 12.0. The third-order valence-corrected chi connectivity index (χ3v) is 8.69. The van der Waals surface area contributed by atoms with Crippen LogP contribution in [0.15, 0.2) is 70.4 Å². The highest BCUT2D eigenvalue weighted by Gasteiger charge is 2.26. The molecule has 1 aliphatic rings. The SMILES string of the molecule is CONC(=O)Nc1ccc(-c2sc3c(c2CN(C)C)c(=O)n(-c2ccc(OC4COC4)cn2)c(=O)n3Cc2c(F)cccc2F)cc1. The molecular weight excluding hydrogens is 634 g/mol. The fourth-order valence-electron chi connectivity index (χ4n) is 5.16. The fourth-order valence-corrected chi connectivity index (χ4v) is 6.46. The molecule has 2 N–H and O–H groups in total. The fraction of sp³-hybridized carbons (Fsp3) is 0.250. The van der Waals surface area contributed by atoms with Gasteiger partial charge in [-0.25, -0.2) is 33.4 Å². The standard InChI is InChI=1S/C32H30F2N6O6S/c1-38(2)14-23-27-29(41)40(26-12-11-20(13-35-26)46-21-16-45-17-21)32(43)39(15-22-24(33)5-4-6-25(22)34)30(27)47-28(23)18-7-9-19(10-8-18)36-31(42)37-44-3/h4-13,21H,14-17H2,1-3H3,(H2,36,37,42). The number of amides is 2. The number of hydrogen-bond acceptors (Lipinski definition) is 9. The topological polar surface area (TPSA) is 129 Å². The lowest BCUT2D eigenvalue weighted by Crippen LogP contribution is -2.40. The molecule has 1 fully saturated rings. The Morgan fingerprint density at radius 1 is 1.06 bits per heavy atom. The van der Waals surface area contributed by atoms with Crippen LogP contribution in [0.5, 0.6) is 5.75 Å². The van der Waals surface area contributed by atoms with Gasteiger partial charge in [0.05, 0.1) is 38.5 Å². The normalized spacial score (nSPS) is 13.1. The van der Waals surface area contributed by atoms with Gasteiger partial charge in [-0.2, -0.15) is 0 Å². The highest BCUT2D eigenvalue weighted by molar-refractivity contribution is 7.22. The molecule has 0 saturated carbocycles. The predicted octanol–water partition coefficient (Wildman–Crippen LogP) is 4.12. The highest BCUT2D eigenvalue weighted by atomic mass is 32.1. The van der Waals surface area contributed by atoms with Gasteiger partial charge >= 0.3 is 11.7 Å². The number of ether oxygens (including phenoxy) is 2. The van der Waals surface area contributed by atoms with E-state index >= 15 is 0 Å². The molecule has 1 aliphatic heterocycles. The van der Waals surface area contributed by atoms with Crippen molar-refractivity contribution in [3.63, 3.8) is 0 Å². The molecule has 6 rings (SSSR count). The molecule has 3 aromatic heterocycles. The van der Waals surface area contributed by atoms with E-state index in [0.29, 0.717) is 47.2 Å². The first-order valence-corrected chi connectivity index (χ1v) is 15.3. The van der Waals surface area contributed by atoms with Crippen LogP contribution in [-0.4, -0.2) is 65.6 Å². The number of benzene rings is 2. The maximum absolute atomic E-state index is 14.9. The van der Waals surface area contributed by atoms with Crippen LogP contribution in [0.2, 0.25) is 0 Å². The van der Waals surface area contributed by atoms with E-state index in [9.17, 15) is 23.2 Å². The van der Waals surface area contributed by atoms with E-state index in [-0.39, 0.29) is 27.7 Å². The van der Waals surface area contributed by atoms with Crippen molar-refractivity contribution < 1.29 is 27.9 Å². The van der Waals surface area contributed by atoms with Crippen LogP contribution in [0, 0.1) is 11.6 Å². The van der Waals surface area contributed by atoms with E-state index in [4.69, 9.17) is 9.47 Å². The molecule has 5 aromatic rings. The van der Waals surface area contributed by atoms with Gasteiger partial charge in [-0.05, 0) is 61.6 Å². The maximum Gasteiger partial charge on any atom is 0.343 e. The van der Waals surface area contributed by atoms with E-state index in [1.54, 1.807) is 30.3 Å². The zero-order valence-corrected chi connectivity index (χ0v) is 26.4. The molecule has 1 saturated heterocycles. The zero-order valence-electron chi connectivity index (χ0n) is 25.6. The number of nitrogens with one attached hydrogen (secondary N) is 2. The minimum atomic E-state index is -0.826. The largest absolute Gasteiger partial charge is 0.484 e. The number of pyridine rings is 1. The summed E-state index contributed by atoms with van der Waals surface area (Å²) in [5.74, 6) is -1.19. The van der Waals surface area contributed by atoms with E-state index in [1.165, 1.54) is 30.0 Å². The van der Waals surface area contributed by atoms with E-state index in [1.807, 2.05) is 19.0 Å². The number of carbonyl (C=O) groups is 1. The molecule has 244 valence electrons. The minimum absolute atomic E-state index is 0.0233. The van der Waals surface area contributed by atoms with Gasteiger partial charge in [0.1, 0.15) is 34.1 Å². The van der Waals surface area contributed by atoms with Crippen molar-refractivity contribution >= 4 is 33.3 Å². The van der Waals surface area contributed by atoms with E-state index < -0.39 is 35.5 Å². The minimum Gasteiger partial charge on any atom is -0.484 e. The maximum atomic E-state index is 14.9. The van der Waals surface area contributed by atoms with E-state index in [2.05, 4.69) is 20.6 Å². The van der Waals surface area contributed by atoms with Gasteiger partial charge in [0.15, 0.2) is 0 Å². The number of rotatable bonds is 10. The molecule has 0 aliphatic carbocycles. The summed E-state index contributed by atoms with van der Waals surface area (Å²) in [6.45, 7) is 0.728. The molecular formula is C32H30F2N6O6S. The lowest BCUT2D eigenvalue weighted by molar-refractivity contribution is -0.0798. The first kappa shape index (κ1) is 32.0. The van der Waals surface area contributed by atoms with Crippen LogP contribution >= 0.6 is 11.3 Å². The number of nitrogens with zero attached hydrogens (tertiary/aromatic N) is 4. The number of carbonyl (C=O) groups excluding carboxylic acids is 1. The van der Waals surface area contributed by atoms with Gasteiger partial charge < -0.3 is 19.7 Å². The Hall–Kier alpha value is -4.96. The lowest BCUT2D eigenvalue weighted by Gasteiger charge is -2.26. The zero-order chi connectivity index (χ0) is 33.2. The molecule has 15 heteroatoms. The molecule has 0 radical (unpaired) electrons. The summed E-state index contributed by atoms with van der Waals surface area (Å²) < 4.78 is 42.9. The molecule has 2 amide bonds. The van der Waals surface area contributed by atoms with Crippen LogP contribution in [0.25, 0.3) is 26.5 Å². The average molecular weight is 665 g/mol. The van der Waals surface area contributed by atoms with Crippen LogP contribution in [0.3, 0.4) is 0 Å². The van der Waals surface area contributed by atoms with Crippen LogP contribution in [0.1, 0.15) is 11.1 Å². The number of aromatic nitrogens is 3. The Kier molecular flexibility index (Phi) is 9.13. The molecule has 12 nitrogen and oxygen atoms in total. The van der Waals surface area contributed by atoms with Gasteiger partial charge in [-0.3, -0.25) is 14.2 Å². The monoisotopic (exact) mass is 664 g/mol. The van der Waals surface area contributed by atoms with Crippen LogP contribution in [-0.2, 0) is 22.7 Å². The van der Waals surface area contributed by atoms with Crippen molar-refractivity contribution in [2.24, 2.45) is 0 Å². The lowest BCUT2D eigenvalue weighted by atomic mass is 10.1. The van der Waals surface area contributed by atoms with Crippen molar-refractivity contribution in [3.05, 3.63) is 104 Å². The number of hydroxylamine groups is 1. The van der Waals surface area contributed by atoms with Crippen molar-refractivity contribution in [1.29, 1.82) is 0 Å². The number of halogens is 2. The molecule has 0 unspecified atom stereocenters. The first-order valence-electron chi connectivity index (χ1n) is 14.4. The summed E-state index contributed by atoms with van der Waals surface area (Å²) >= 11 is 1.16. The van der Waals surface area contributed by atoms with E-state index in [0.717, 1.165) is 28.0 Å². The number of fused-ring (bicyclic) bond motifs is 1. The second kappa shape index (κ2) is 13.4. The molecule has 0 atom stereocenters. The van der Waals surface area contributed by atoms with Gasteiger partial charge in [-0.1, -0.05) is 18.2 Å². The molecule has 0 bridgehead atoms. The van der Waals surface area contributed by atoms with Crippen molar-refractivity contribution in [1.82, 2.24) is 24.5 Å². The summed E-state index contributed by atoms with van der Waals surface area (Å²) in [5.41, 5.74) is 2.20. The summed E-state index contributed by atoms with van der Waals surface area (Å²) in [6.07, 6.45) is 1.30. The predicted molar refractivity (Wildman–Crippen MR) is 172 cm³/mol. The number of thiophene rings is 1. The quantitative estimate of drug-likeness (QED) is 0.214. The average Bonchev–Trinajstić information content (AvgIpc) is 3.38. The summed E-state index contributed by atoms with van der Waals surface area (Å²) in [5, 5.41) is 2.85. The van der Waals surface area contributed by atoms with Gasteiger partial charge in [0.2, 0.25) is 0 Å². The second-order valence-electron chi connectivity index (χ2n) is 11.0. The summed E-state index contributed by atoms with van der Waals surface area (Å²) in [7, 11) is 4.99. The van der Waals surface area contributed by atoms with Gasteiger partial charge in [0, 0.05) is 22.7 Å². The smallest absolute Gasteiger partial charge is 0.343 e. The van der Waals surface area contributed by atoms with Crippen molar-refractivity contribution in [2.45, 2.75) is 19.2 Å². The number of anilines is 1. The van der Waals surface area contributed by atoms with Crippen LogP contribution in [0.4, 0.5) is 19.3 Å². The molecule has 4 heterocycles. The third-order valence-electron chi connectivity index (χ3n) is 7.38. The number of hydrogen-bond donors (Lipinski definition) is 2. The first-order chi connectivity index (χ1) is 22.6. The molecule has 0 spiro atoms. The Balaban J connectivity index is 1.55. The third kappa shape index (κ3) is 6.51. The Labute approximate surface area is 270 Å². The molecule has 47 heavy (non-hydrogen) atoms. The summed E-state index contributed by atoms with van der Waals surface area (Å²) in [6, 6.07) is 12.9. The Morgan fingerprint density at radius 3 is 2.38 bits per heavy atom. The summed E-state index contributed by atoms with van der Waals surface area (Å²) in [4.78, 5) is 52.2. The van der Waals surface area contributed by atoms with Crippen LogP contribution < -0.4 is 26.8 Å². The Morgan fingerprint density at radius 2 is 1.79 bits per heavy atom.